The van der Waals surface area contributed by atoms with Crippen LogP contribution in [-0.2, 0) is 11.2 Å². The summed E-state index contributed by atoms with van der Waals surface area (Å²) in [6.07, 6.45) is 9.79. The highest BCUT2D eigenvalue weighted by Gasteiger charge is 2.46. The molecule has 1 aromatic carbocycles. The zero-order valence-electron chi connectivity index (χ0n) is 19.3. The summed E-state index contributed by atoms with van der Waals surface area (Å²) in [5.74, 6) is 1.21. The number of amides is 1. The Bertz CT molecular complexity index is 1200. The molecule has 6 rings (SSSR count). The molecule has 6 nitrogen and oxygen atoms in total. The van der Waals surface area contributed by atoms with E-state index in [0.29, 0.717) is 29.0 Å². The van der Waals surface area contributed by atoms with Gasteiger partial charge in [0.15, 0.2) is 0 Å². The number of hydrogen-bond donors (Lipinski definition) is 1. The van der Waals surface area contributed by atoms with Gasteiger partial charge in [0.1, 0.15) is 11.3 Å². The number of likely N-dealkylation sites (tertiary alicyclic amines) is 1. The maximum Gasteiger partial charge on any atom is 0.340 e. The Kier molecular flexibility index (Phi) is 5.09. The first kappa shape index (κ1) is 21.0. The number of benzene rings is 1. The molecule has 0 radical (unpaired) electrons. The van der Waals surface area contributed by atoms with E-state index in [1.807, 2.05) is 6.92 Å². The molecule has 4 heterocycles. The summed E-state index contributed by atoms with van der Waals surface area (Å²) in [5.41, 5.74) is 2.53. The van der Waals surface area contributed by atoms with Crippen molar-refractivity contribution in [1.82, 2.24) is 9.80 Å². The number of phenolic OH excluding ortho intramolecular Hbond substituents is 1. The largest absolute Gasteiger partial charge is 0.508 e. The molecular formula is C27H32N2O4. The molecule has 33 heavy (non-hydrogen) atoms. The molecule has 0 saturated carbocycles. The average Bonchev–Trinajstić information content (AvgIpc) is 2.81. The fourth-order valence-electron chi connectivity index (χ4n) is 7.09. The van der Waals surface area contributed by atoms with E-state index in [2.05, 4.69) is 15.9 Å². The Morgan fingerprint density at radius 1 is 1.21 bits per heavy atom. The zero-order chi connectivity index (χ0) is 22.7. The van der Waals surface area contributed by atoms with Gasteiger partial charge in [0.05, 0.1) is 18.0 Å². The van der Waals surface area contributed by atoms with Crippen LogP contribution in [0, 0.1) is 18.8 Å². The van der Waals surface area contributed by atoms with E-state index < -0.39 is 5.63 Å². The lowest BCUT2D eigenvalue weighted by atomic mass is 9.68. The van der Waals surface area contributed by atoms with Crippen molar-refractivity contribution in [2.45, 2.75) is 64.0 Å². The minimum Gasteiger partial charge on any atom is -0.508 e. The summed E-state index contributed by atoms with van der Waals surface area (Å²) in [4.78, 5) is 31.1. The van der Waals surface area contributed by atoms with Gasteiger partial charge < -0.3 is 14.4 Å². The molecule has 3 aliphatic heterocycles. The maximum atomic E-state index is 13.6. The van der Waals surface area contributed by atoms with Crippen LogP contribution in [0.5, 0.6) is 5.75 Å². The number of aromatic hydroxyl groups is 1. The monoisotopic (exact) mass is 448 g/mol. The first-order chi connectivity index (χ1) is 16.0. The summed E-state index contributed by atoms with van der Waals surface area (Å²) in [5, 5.41) is 10.5. The number of fused-ring (bicyclic) bond motifs is 7. The average molecular weight is 449 g/mol. The second kappa shape index (κ2) is 8.01. The van der Waals surface area contributed by atoms with Crippen LogP contribution in [0.25, 0.3) is 11.0 Å². The second-order valence-corrected chi connectivity index (χ2v) is 10.4. The number of rotatable bonds is 2. The summed E-state index contributed by atoms with van der Waals surface area (Å²) in [6, 6.07) is 5.65. The van der Waals surface area contributed by atoms with Gasteiger partial charge in [-0.3, -0.25) is 9.69 Å². The standard InChI is InChI=1S/C27H32N2O4/c1-16-21-8-7-20(30)13-24(21)33-27(32)22(16)14-25(31)29-10-4-5-17-11-18-12-19(26(17)29)15-28-9-3-2-6-23(18)28/h7-8,11,13,18-19,23,26,30H,2-6,9-10,12,14-15H2,1H3/t18-,19+,23+,26+/m0/s1. The minimum absolute atomic E-state index is 0.0262. The van der Waals surface area contributed by atoms with Crippen LogP contribution in [-0.4, -0.2) is 52.5 Å². The second-order valence-electron chi connectivity index (χ2n) is 10.4. The molecule has 174 valence electrons. The zero-order valence-corrected chi connectivity index (χ0v) is 19.3. The van der Waals surface area contributed by atoms with Crippen molar-refractivity contribution in [3.8, 4) is 5.75 Å². The fraction of sp³-hybridized carbons (Fsp3) is 0.556. The van der Waals surface area contributed by atoms with Gasteiger partial charge >= 0.3 is 5.63 Å². The molecule has 3 fully saturated rings. The van der Waals surface area contributed by atoms with E-state index >= 15 is 0 Å². The van der Waals surface area contributed by atoms with Crippen LogP contribution in [0.2, 0.25) is 0 Å². The third-order valence-electron chi connectivity index (χ3n) is 8.58. The van der Waals surface area contributed by atoms with Crippen molar-refractivity contribution in [3.63, 3.8) is 0 Å². The molecule has 1 N–H and O–H groups in total. The minimum atomic E-state index is -0.482. The first-order valence-corrected chi connectivity index (χ1v) is 12.5. The van der Waals surface area contributed by atoms with Gasteiger partial charge in [0.25, 0.3) is 0 Å². The van der Waals surface area contributed by atoms with Crippen LogP contribution in [0.4, 0.5) is 0 Å². The molecule has 1 aromatic heterocycles. The summed E-state index contributed by atoms with van der Waals surface area (Å²) in [7, 11) is 0. The molecule has 1 amide bonds. The Morgan fingerprint density at radius 2 is 2.09 bits per heavy atom. The first-order valence-electron chi connectivity index (χ1n) is 12.5. The molecule has 6 heteroatoms. The number of nitrogens with zero attached hydrogens (tertiary/aromatic N) is 2. The van der Waals surface area contributed by atoms with Crippen molar-refractivity contribution >= 4 is 16.9 Å². The van der Waals surface area contributed by atoms with Crippen molar-refractivity contribution in [2.75, 3.05) is 19.6 Å². The third kappa shape index (κ3) is 3.50. The lowest BCUT2D eigenvalue weighted by Gasteiger charge is -2.54. The Hall–Kier alpha value is -2.60. The van der Waals surface area contributed by atoms with E-state index in [0.717, 1.165) is 36.9 Å². The van der Waals surface area contributed by atoms with E-state index in [-0.39, 0.29) is 24.1 Å². The van der Waals surface area contributed by atoms with Crippen molar-refractivity contribution < 1.29 is 14.3 Å². The predicted molar refractivity (Wildman–Crippen MR) is 126 cm³/mol. The van der Waals surface area contributed by atoms with Gasteiger partial charge in [0.2, 0.25) is 5.91 Å². The topological polar surface area (TPSA) is 74.0 Å². The Labute approximate surface area is 193 Å². The van der Waals surface area contributed by atoms with Crippen LogP contribution >= 0.6 is 0 Å². The van der Waals surface area contributed by atoms with Gasteiger partial charge in [-0.2, -0.15) is 0 Å². The van der Waals surface area contributed by atoms with Crippen LogP contribution in [0.15, 0.2) is 39.1 Å². The number of phenols is 1. The summed E-state index contributed by atoms with van der Waals surface area (Å²) in [6.45, 7) is 4.91. The third-order valence-corrected chi connectivity index (χ3v) is 8.58. The highest BCUT2D eigenvalue weighted by atomic mass is 16.4. The number of aryl methyl sites for hydroxylation is 1. The van der Waals surface area contributed by atoms with E-state index in [1.54, 1.807) is 12.1 Å². The van der Waals surface area contributed by atoms with E-state index in [9.17, 15) is 14.7 Å². The molecular weight excluding hydrogens is 416 g/mol. The molecule has 3 saturated heterocycles. The maximum absolute atomic E-state index is 13.6. The number of carbonyl (C=O) groups excluding carboxylic acids is 1. The highest BCUT2D eigenvalue weighted by molar-refractivity contribution is 5.85. The lowest BCUT2D eigenvalue weighted by molar-refractivity contribution is -0.135. The van der Waals surface area contributed by atoms with Crippen molar-refractivity contribution in [3.05, 3.63) is 51.4 Å². The molecule has 0 spiro atoms. The molecule has 4 aliphatic rings. The number of hydrogen-bond acceptors (Lipinski definition) is 5. The van der Waals surface area contributed by atoms with Crippen LogP contribution < -0.4 is 5.63 Å². The van der Waals surface area contributed by atoms with Crippen LogP contribution in [0.1, 0.15) is 49.7 Å². The molecule has 4 atom stereocenters. The Balaban J connectivity index is 1.30. The Morgan fingerprint density at radius 3 is 2.97 bits per heavy atom. The predicted octanol–water partition coefficient (Wildman–Crippen LogP) is 3.77. The van der Waals surface area contributed by atoms with E-state index in [4.69, 9.17) is 4.42 Å². The number of carbonyl (C=O) groups is 1. The fourth-order valence-corrected chi connectivity index (χ4v) is 7.09. The molecule has 1 aliphatic carbocycles. The normalized spacial score (nSPS) is 29.4. The number of piperidine rings is 3. The van der Waals surface area contributed by atoms with Crippen molar-refractivity contribution in [1.29, 1.82) is 0 Å². The smallest absolute Gasteiger partial charge is 0.340 e. The van der Waals surface area contributed by atoms with E-state index in [1.165, 1.54) is 43.9 Å². The van der Waals surface area contributed by atoms with Gasteiger partial charge in [0, 0.05) is 30.6 Å². The molecule has 2 bridgehead atoms. The summed E-state index contributed by atoms with van der Waals surface area (Å²) >= 11 is 0. The van der Waals surface area contributed by atoms with Crippen molar-refractivity contribution in [2.24, 2.45) is 11.8 Å². The van der Waals surface area contributed by atoms with Gasteiger partial charge in [-0.15, -0.1) is 0 Å². The SMILES string of the molecule is Cc1c(CC(=O)N2CCCC3=C[C@H]4C[C@H](CN5CCCC[C@H]45)[C@@H]32)c(=O)oc2cc(O)ccc12. The molecule has 2 aromatic rings. The molecule has 0 unspecified atom stereocenters. The van der Waals surface area contributed by atoms with Gasteiger partial charge in [-0.05, 0) is 75.1 Å². The lowest BCUT2D eigenvalue weighted by Crippen LogP contribution is -2.60. The highest BCUT2D eigenvalue weighted by Crippen LogP contribution is 2.45. The van der Waals surface area contributed by atoms with Gasteiger partial charge in [-0.25, -0.2) is 4.79 Å². The summed E-state index contributed by atoms with van der Waals surface area (Å²) < 4.78 is 5.47. The van der Waals surface area contributed by atoms with Gasteiger partial charge in [-0.1, -0.05) is 18.1 Å². The quantitative estimate of drug-likeness (QED) is 0.559. The van der Waals surface area contributed by atoms with Crippen LogP contribution in [0.3, 0.4) is 0 Å².